The Labute approximate surface area is 131 Å². The van der Waals surface area contributed by atoms with E-state index in [4.69, 9.17) is 0 Å². The molecule has 1 aliphatic carbocycles. The first-order valence-corrected chi connectivity index (χ1v) is 8.00. The summed E-state index contributed by atoms with van der Waals surface area (Å²) < 4.78 is 0. The fourth-order valence-electron chi connectivity index (χ4n) is 2.99. The van der Waals surface area contributed by atoms with Crippen LogP contribution in [-0.2, 0) is 6.42 Å². The van der Waals surface area contributed by atoms with Gasteiger partial charge in [0, 0.05) is 6.04 Å². The van der Waals surface area contributed by atoms with Crippen LogP contribution in [0.15, 0.2) is 24.3 Å². The summed E-state index contributed by atoms with van der Waals surface area (Å²) in [5.74, 6) is 0.264. The van der Waals surface area contributed by atoms with Gasteiger partial charge in [0.25, 0.3) is 0 Å². The van der Waals surface area contributed by atoms with Gasteiger partial charge in [0.1, 0.15) is 5.75 Å². The third-order valence-corrected chi connectivity index (χ3v) is 4.42. The number of benzene rings is 1. The summed E-state index contributed by atoms with van der Waals surface area (Å²) >= 11 is 0. The highest BCUT2D eigenvalue weighted by Crippen LogP contribution is 2.28. The number of aromatic hydroxyl groups is 1. The van der Waals surface area contributed by atoms with Gasteiger partial charge in [-0.1, -0.05) is 25.0 Å². The molecule has 1 unspecified atom stereocenters. The van der Waals surface area contributed by atoms with Crippen molar-refractivity contribution in [2.24, 2.45) is 0 Å². The van der Waals surface area contributed by atoms with Gasteiger partial charge in [-0.05, 0) is 50.3 Å². The minimum absolute atomic E-state index is 0.00229. The molecular formula is C17H26N2O3. The Balaban J connectivity index is 1.75. The number of carbonyl (C=O) groups excluding carboxylic acids is 1. The number of amides is 2. The van der Waals surface area contributed by atoms with Crippen molar-refractivity contribution in [1.29, 1.82) is 0 Å². The summed E-state index contributed by atoms with van der Waals surface area (Å²) in [5.41, 5.74) is 0.704. The lowest BCUT2D eigenvalue weighted by atomic mass is 9.99. The van der Waals surface area contributed by atoms with E-state index in [1.165, 1.54) is 0 Å². The van der Waals surface area contributed by atoms with E-state index in [9.17, 15) is 15.0 Å². The Hall–Kier alpha value is -1.75. The van der Waals surface area contributed by atoms with Gasteiger partial charge in [-0.15, -0.1) is 0 Å². The van der Waals surface area contributed by atoms with E-state index in [0.29, 0.717) is 0 Å². The van der Waals surface area contributed by atoms with E-state index < -0.39 is 5.54 Å². The van der Waals surface area contributed by atoms with Crippen molar-refractivity contribution in [3.05, 3.63) is 29.8 Å². The van der Waals surface area contributed by atoms with Gasteiger partial charge in [0.15, 0.2) is 0 Å². The molecule has 22 heavy (non-hydrogen) atoms. The lowest BCUT2D eigenvalue weighted by molar-refractivity contribution is 0.161. The predicted octanol–water partition coefficient (Wildman–Crippen LogP) is 2.32. The van der Waals surface area contributed by atoms with Crippen LogP contribution in [0.3, 0.4) is 0 Å². The van der Waals surface area contributed by atoms with Crippen LogP contribution in [-0.4, -0.2) is 34.4 Å². The molecule has 1 atom stereocenters. The van der Waals surface area contributed by atoms with Crippen molar-refractivity contribution in [2.75, 3.05) is 6.61 Å². The zero-order valence-electron chi connectivity index (χ0n) is 13.1. The molecule has 2 rings (SSSR count). The third kappa shape index (κ3) is 4.63. The van der Waals surface area contributed by atoms with Gasteiger partial charge in [-0.3, -0.25) is 0 Å². The first kappa shape index (κ1) is 16.6. The molecule has 1 saturated carbocycles. The molecule has 0 saturated heterocycles. The second-order valence-corrected chi connectivity index (χ2v) is 6.35. The lowest BCUT2D eigenvalue weighted by Crippen LogP contribution is -2.54. The molecule has 1 aliphatic rings. The second-order valence-electron chi connectivity index (χ2n) is 6.35. The summed E-state index contributed by atoms with van der Waals surface area (Å²) in [6.07, 6.45) is 5.46. The largest absolute Gasteiger partial charge is 0.508 e. The van der Waals surface area contributed by atoms with Crippen molar-refractivity contribution in [1.82, 2.24) is 10.6 Å². The Kier molecular flexibility index (Phi) is 5.66. The summed E-state index contributed by atoms with van der Waals surface area (Å²) in [4.78, 5) is 12.1. The smallest absolute Gasteiger partial charge is 0.315 e. The summed E-state index contributed by atoms with van der Waals surface area (Å²) in [7, 11) is 0. The molecule has 0 spiro atoms. The van der Waals surface area contributed by atoms with Crippen LogP contribution >= 0.6 is 0 Å². The van der Waals surface area contributed by atoms with Crippen molar-refractivity contribution in [3.63, 3.8) is 0 Å². The minimum atomic E-state index is -0.430. The van der Waals surface area contributed by atoms with Crippen LogP contribution in [0.2, 0.25) is 0 Å². The fraction of sp³-hybridized carbons (Fsp3) is 0.588. The molecule has 1 fully saturated rings. The summed E-state index contributed by atoms with van der Waals surface area (Å²) in [6, 6.07) is 6.97. The van der Waals surface area contributed by atoms with Gasteiger partial charge < -0.3 is 20.8 Å². The molecule has 0 aliphatic heterocycles. The zero-order chi connectivity index (χ0) is 16.0. The van der Waals surface area contributed by atoms with Gasteiger partial charge in [0.2, 0.25) is 0 Å². The summed E-state index contributed by atoms with van der Waals surface area (Å²) in [6.45, 7) is 1.97. The maximum absolute atomic E-state index is 12.1. The predicted molar refractivity (Wildman–Crippen MR) is 85.8 cm³/mol. The molecule has 4 N–H and O–H groups in total. The maximum atomic E-state index is 12.1. The van der Waals surface area contributed by atoms with Crippen LogP contribution in [0, 0.1) is 0 Å². The molecule has 0 bridgehead atoms. The first-order chi connectivity index (χ1) is 10.5. The van der Waals surface area contributed by atoms with Crippen LogP contribution in [0.4, 0.5) is 4.79 Å². The number of carbonyl (C=O) groups is 1. The maximum Gasteiger partial charge on any atom is 0.315 e. The normalized spacial score (nSPS) is 17.9. The molecule has 0 heterocycles. The molecular weight excluding hydrogens is 280 g/mol. The number of urea groups is 1. The molecule has 5 nitrogen and oxygen atoms in total. The standard InChI is InChI=1S/C17H26N2O3/c1-13(4-5-14-6-8-15(21)9-7-14)18-16(22)19-17(12-20)10-2-3-11-17/h6-9,13,20-21H,2-5,10-12H2,1H3,(H2,18,19,22). The Morgan fingerprint density at radius 1 is 1.27 bits per heavy atom. The van der Waals surface area contributed by atoms with E-state index in [1.54, 1.807) is 12.1 Å². The minimum Gasteiger partial charge on any atom is -0.508 e. The van der Waals surface area contributed by atoms with E-state index in [1.807, 2.05) is 19.1 Å². The van der Waals surface area contributed by atoms with E-state index >= 15 is 0 Å². The van der Waals surface area contributed by atoms with E-state index in [-0.39, 0.29) is 24.4 Å². The van der Waals surface area contributed by atoms with Crippen molar-refractivity contribution >= 4 is 6.03 Å². The van der Waals surface area contributed by atoms with E-state index in [0.717, 1.165) is 44.1 Å². The Morgan fingerprint density at radius 3 is 2.50 bits per heavy atom. The Morgan fingerprint density at radius 2 is 1.91 bits per heavy atom. The SMILES string of the molecule is CC(CCc1ccc(O)cc1)NC(=O)NC1(CO)CCCC1. The van der Waals surface area contributed by atoms with Gasteiger partial charge in [-0.2, -0.15) is 0 Å². The first-order valence-electron chi connectivity index (χ1n) is 8.00. The Bertz CT molecular complexity index is 481. The highest BCUT2D eigenvalue weighted by atomic mass is 16.3. The van der Waals surface area contributed by atoms with Crippen LogP contribution in [0.5, 0.6) is 5.75 Å². The molecule has 122 valence electrons. The number of rotatable bonds is 6. The molecule has 0 radical (unpaired) electrons. The number of phenolic OH excluding ortho intramolecular Hbond substituents is 1. The van der Waals surface area contributed by atoms with Crippen molar-refractivity contribution in [2.45, 2.75) is 57.0 Å². The number of phenols is 1. The third-order valence-electron chi connectivity index (χ3n) is 4.42. The molecule has 5 heteroatoms. The van der Waals surface area contributed by atoms with Crippen LogP contribution in [0.25, 0.3) is 0 Å². The highest BCUT2D eigenvalue weighted by molar-refractivity contribution is 5.75. The molecule has 1 aromatic carbocycles. The van der Waals surface area contributed by atoms with Gasteiger partial charge in [-0.25, -0.2) is 4.79 Å². The average Bonchev–Trinajstić information content (AvgIpc) is 2.95. The number of aliphatic hydroxyl groups excluding tert-OH is 1. The summed E-state index contributed by atoms with van der Waals surface area (Å²) in [5, 5.41) is 24.6. The number of aryl methyl sites for hydroxylation is 1. The fourth-order valence-corrected chi connectivity index (χ4v) is 2.99. The number of aliphatic hydroxyl groups is 1. The zero-order valence-corrected chi connectivity index (χ0v) is 13.1. The molecule has 0 aromatic heterocycles. The number of hydrogen-bond acceptors (Lipinski definition) is 3. The highest BCUT2D eigenvalue weighted by Gasteiger charge is 2.34. The quantitative estimate of drug-likeness (QED) is 0.651. The number of hydrogen-bond donors (Lipinski definition) is 4. The topological polar surface area (TPSA) is 81.6 Å². The molecule has 1 aromatic rings. The second kappa shape index (κ2) is 7.49. The molecule has 2 amide bonds. The monoisotopic (exact) mass is 306 g/mol. The van der Waals surface area contributed by atoms with E-state index in [2.05, 4.69) is 10.6 Å². The average molecular weight is 306 g/mol. The van der Waals surface area contributed by atoms with Crippen molar-refractivity contribution < 1.29 is 15.0 Å². The lowest BCUT2D eigenvalue weighted by Gasteiger charge is -2.29. The van der Waals surface area contributed by atoms with Crippen molar-refractivity contribution in [3.8, 4) is 5.75 Å². The van der Waals surface area contributed by atoms with Crippen LogP contribution in [0.1, 0.15) is 44.6 Å². The van der Waals surface area contributed by atoms with Gasteiger partial charge in [0.05, 0.1) is 12.1 Å². The van der Waals surface area contributed by atoms with Gasteiger partial charge >= 0.3 is 6.03 Å². The van der Waals surface area contributed by atoms with Crippen LogP contribution < -0.4 is 10.6 Å². The number of nitrogens with one attached hydrogen (secondary N) is 2.